The standard InChI is InChI=1S/C22H12ClN5S2/c23-13-7-9-14(10-8-13)28-12-15-19(18-6-3-11-29-18)25-26-21(20(15)27-28)22-24-16-4-1-2-5-17(16)30-22/h1-12H. The maximum atomic E-state index is 6.06. The van der Waals surface area contributed by atoms with Crippen molar-refractivity contribution >= 4 is 55.4 Å². The SMILES string of the molecule is Clc1ccc(-n2cc3c(-c4cccs4)nnc(-c4nc5ccccc5s4)c3n2)cc1. The lowest BCUT2D eigenvalue weighted by molar-refractivity contribution is 0.895. The second kappa shape index (κ2) is 6.98. The number of aromatic nitrogens is 5. The molecular formula is C22H12ClN5S2. The maximum Gasteiger partial charge on any atom is 0.150 e. The summed E-state index contributed by atoms with van der Waals surface area (Å²) in [5, 5.41) is 18.5. The Balaban J connectivity index is 1.61. The molecule has 0 saturated carbocycles. The summed E-state index contributed by atoms with van der Waals surface area (Å²) in [5.41, 5.74) is 4.17. The van der Waals surface area contributed by atoms with Crippen LogP contribution in [0, 0.1) is 0 Å². The predicted octanol–water partition coefficient (Wildman–Crippen LogP) is 6.47. The van der Waals surface area contributed by atoms with E-state index >= 15 is 0 Å². The Bertz CT molecular complexity index is 1470. The fourth-order valence-electron chi connectivity index (χ4n) is 3.36. The van der Waals surface area contributed by atoms with Crippen molar-refractivity contribution in [2.75, 3.05) is 0 Å². The minimum Gasteiger partial charge on any atom is -0.240 e. The second-order valence-electron chi connectivity index (χ2n) is 6.67. The summed E-state index contributed by atoms with van der Waals surface area (Å²) in [7, 11) is 0. The van der Waals surface area contributed by atoms with Crippen molar-refractivity contribution < 1.29 is 0 Å². The van der Waals surface area contributed by atoms with Crippen LogP contribution >= 0.6 is 34.3 Å². The quantitative estimate of drug-likeness (QED) is 0.313. The van der Waals surface area contributed by atoms with E-state index in [9.17, 15) is 0 Å². The van der Waals surface area contributed by atoms with Crippen molar-refractivity contribution in [1.29, 1.82) is 0 Å². The zero-order valence-electron chi connectivity index (χ0n) is 15.4. The number of para-hydroxylation sites is 1. The molecule has 2 aromatic carbocycles. The summed E-state index contributed by atoms with van der Waals surface area (Å²) in [6.07, 6.45) is 2.00. The summed E-state index contributed by atoms with van der Waals surface area (Å²) < 4.78 is 2.96. The fourth-order valence-corrected chi connectivity index (χ4v) is 5.16. The number of thiazole rings is 1. The molecule has 0 bridgehead atoms. The van der Waals surface area contributed by atoms with Crippen LogP contribution in [0.15, 0.2) is 72.2 Å². The molecule has 30 heavy (non-hydrogen) atoms. The van der Waals surface area contributed by atoms with Gasteiger partial charge in [-0.1, -0.05) is 29.8 Å². The number of benzene rings is 2. The van der Waals surface area contributed by atoms with Gasteiger partial charge >= 0.3 is 0 Å². The maximum absolute atomic E-state index is 6.06. The van der Waals surface area contributed by atoms with Gasteiger partial charge in [-0.15, -0.1) is 32.9 Å². The zero-order valence-corrected chi connectivity index (χ0v) is 17.7. The molecule has 0 radical (unpaired) electrons. The van der Waals surface area contributed by atoms with Crippen molar-refractivity contribution in [3.8, 4) is 27.0 Å². The van der Waals surface area contributed by atoms with Crippen molar-refractivity contribution in [1.82, 2.24) is 25.0 Å². The first kappa shape index (κ1) is 17.7. The smallest absolute Gasteiger partial charge is 0.150 e. The Morgan fingerprint density at radius 2 is 1.70 bits per heavy atom. The van der Waals surface area contributed by atoms with Crippen LogP contribution in [-0.4, -0.2) is 25.0 Å². The van der Waals surface area contributed by atoms with Gasteiger partial charge < -0.3 is 0 Å². The molecule has 6 rings (SSSR count). The average molecular weight is 446 g/mol. The average Bonchev–Trinajstić information content (AvgIpc) is 3.52. The summed E-state index contributed by atoms with van der Waals surface area (Å²) in [6, 6.07) is 19.7. The molecule has 0 aliphatic heterocycles. The highest BCUT2D eigenvalue weighted by molar-refractivity contribution is 7.21. The van der Waals surface area contributed by atoms with Crippen molar-refractivity contribution in [2.45, 2.75) is 0 Å². The number of halogens is 1. The Kier molecular flexibility index (Phi) is 4.12. The summed E-state index contributed by atoms with van der Waals surface area (Å²) in [5.74, 6) is 0. The van der Waals surface area contributed by atoms with Gasteiger partial charge in [-0.25, -0.2) is 9.67 Å². The molecule has 4 heterocycles. The molecule has 0 spiro atoms. The van der Waals surface area contributed by atoms with Crippen molar-refractivity contribution in [3.63, 3.8) is 0 Å². The molecule has 4 aromatic heterocycles. The number of hydrogen-bond donors (Lipinski definition) is 0. The number of fused-ring (bicyclic) bond motifs is 2. The zero-order chi connectivity index (χ0) is 20.1. The van der Waals surface area contributed by atoms with Crippen LogP contribution in [0.3, 0.4) is 0 Å². The first-order chi connectivity index (χ1) is 14.8. The lowest BCUT2D eigenvalue weighted by atomic mass is 10.2. The van der Waals surface area contributed by atoms with Gasteiger partial charge in [0.1, 0.15) is 21.9 Å². The van der Waals surface area contributed by atoms with Gasteiger partial charge in [0.25, 0.3) is 0 Å². The molecule has 0 amide bonds. The number of rotatable bonds is 3. The third-order valence-electron chi connectivity index (χ3n) is 4.79. The van der Waals surface area contributed by atoms with Crippen LogP contribution in [0.2, 0.25) is 5.02 Å². The molecule has 0 atom stereocenters. The van der Waals surface area contributed by atoms with E-state index in [0.717, 1.165) is 42.4 Å². The Morgan fingerprint density at radius 3 is 2.50 bits per heavy atom. The monoisotopic (exact) mass is 445 g/mol. The summed E-state index contributed by atoms with van der Waals surface area (Å²) in [4.78, 5) is 5.83. The highest BCUT2D eigenvalue weighted by atomic mass is 35.5. The summed E-state index contributed by atoms with van der Waals surface area (Å²) in [6.45, 7) is 0. The highest BCUT2D eigenvalue weighted by Crippen LogP contribution is 2.36. The van der Waals surface area contributed by atoms with Gasteiger partial charge in [-0.2, -0.15) is 5.10 Å². The molecule has 6 aromatic rings. The lowest BCUT2D eigenvalue weighted by Crippen LogP contribution is -1.94. The van der Waals surface area contributed by atoms with E-state index in [2.05, 4.69) is 16.3 Å². The lowest BCUT2D eigenvalue weighted by Gasteiger charge is -2.00. The van der Waals surface area contributed by atoms with Crippen molar-refractivity contribution in [3.05, 3.63) is 77.3 Å². The van der Waals surface area contributed by atoms with E-state index in [0.29, 0.717) is 10.7 Å². The molecule has 144 valence electrons. The van der Waals surface area contributed by atoms with Gasteiger partial charge in [0.05, 0.1) is 26.2 Å². The van der Waals surface area contributed by atoms with Crippen LogP contribution < -0.4 is 0 Å². The minimum absolute atomic E-state index is 0.688. The molecular weight excluding hydrogens is 434 g/mol. The van der Waals surface area contributed by atoms with Gasteiger partial charge in [0, 0.05) is 11.2 Å². The number of nitrogens with zero attached hydrogens (tertiary/aromatic N) is 5. The first-order valence-corrected chi connectivity index (χ1v) is 11.3. The van der Waals surface area contributed by atoms with Crippen LogP contribution in [0.25, 0.3) is 48.1 Å². The largest absolute Gasteiger partial charge is 0.240 e. The second-order valence-corrected chi connectivity index (χ2v) is 9.09. The third-order valence-corrected chi connectivity index (χ3v) is 6.96. The molecule has 0 saturated heterocycles. The van der Waals surface area contributed by atoms with Crippen LogP contribution in [-0.2, 0) is 0 Å². The Labute approximate surface area is 184 Å². The molecule has 0 aliphatic rings. The van der Waals surface area contributed by atoms with Crippen LogP contribution in [0.5, 0.6) is 0 Å². The van der Waals surface area contributed by atoms with Crippen molar-refractivity contribution in [2.24, 2.45) is 0 Å². The van der Waals surface area contributed by atoms with Crippen LogP contribution in [0.4, 0.5) is 0 Å². The Morgan fingerprint density at radius 1 is 0.867 bits per heavy atom. The van der Waals surface area contributed by atoms with E-state index < -0.39 is 0 Å². The molecule has 0 unspecified atom stereocenters. The summed E-state index contributed by atoms with van der Waals surface area (Å²) >= 11 is 9.29. The van der Waals surface area contributed by atoms with E-state index in [-0.39, 0.29) is 0 Å². The molecule has 8 heteroatoms. The van der Waals surface area contributed by atoms with Gasteiger partial charge in [-0.05, 0) is 47.8 Å². The molecule has 0 aliphatic carbocycles. The van der Waals surface area contributed by atoms with Gasteiger partial charge in [-0.3, -0.25) is 0 Å². The molecule has 5 nitrogen and oxygen atoms in total. The topological polar surface area (TPSA) is 56.5 Å². The molecule has 0 N–H and O–H groups in total. The Hall–Kier alpha value is -3.13. The first-order valence-electron chi connectivity index (χ1n) is 9.18. The van der Waals surface area contributed by atoms with Crippen LogP contribution in [0.1, 0.15) is 0 Å². The molecule has 0 fully saturated rings. The third kappa shape index (κ3) is 2.90. The van der Waals surface area contributed by atoms with E-state index in [1.165, 1.54) is 0 Å². The fraction of sp³-hybridized carbons (Fsp3) is 0. The van der Waals surface area contributed by atoms with E-state index in [1.807, 2.05) is 70.9 Å². The van der Waals surface area contributed by atoms with Gasteiger partial charge in [0.2, 0.25) is 0 Å². The number of hydrogen-bond acceptors (Lipinski definition) is 6. The number of thiophene rings is 1. The van der Waals surface area contributed by atoms with E-state index in [4.69, 9.17) is 21.7 Å². The van der Waals surface area contributed by atoms with E-state index in [1.54, 1.807) is 22.7 Å². The van der Waals surface area contributed by atoms with Gasteiger partial charge in [0.15, 0.2) is 0 Å². The predicted molar refractivity (Wildman–Crippen MR) is 124 cm³/mol. The highest BCUT2D eigenvalue weighted by Gasteiger charge is 2.20. The normalized spacial score (nSPS) is 11.5. The minimum atomic E-state index is 0.688.